The minimum atomic E-state index is -0.593. The molecule has 4 N–H and O–H groups in total. The minimum absolute atomic E-state index is 0.0816. The highest BCUT2D eigenvalue weighted by atomic mass is 16.6. The zero-order valence-corrected chi connectivity index (χ0v) is 23.6. The molecular weight excluding hydrogens is 506 g/mol. The molecule has 0 bridgehead atoms. The van der Waals surface area contributed by atoms with Gasteiger partial charge in [-0.3, -0.25) is 9.48 Å². The van der Waals surface area contributed by atoms with Crippen molar-refractivity contribution in [3.8, 4) is 11.3 Å². The molecule has 10 heteroatoms. The number of piperidine rings is 1. The predicted molar refractivity (Wildman–Crippen MR) is 150 cm³/mol. The average molecular weight is 544 g/mol. The van der Waals surface area contributed by atoms with Gasteiger partial charge in [0.05, 0.1) is 18.3 Å². The van der Waals surface area contributed by atoms with Crippen LogP contribution in [0.3, 0.4) is 0 Å². The summed E-state index contributed by atoms with van der Waals surface area (Å²) in [5, 5.41) is 9.62. The number of nitrogens with two attached hydrogens (primary N) is 2. The smallest absolute Gasteiger partial charge is 0.410 e. The lowest BCUT2D eigenvalue weighted by Gasteiger charge is -2.37. The number of rotatable bonds is 6. The molecule has 40 heavy (non-hydrogen) atoms. The normalized spacial score (nSPS) is 26.7. The van der Waals surface area contributed by atoms with Crippen molar-refractivity contribution in [1.82, 2.24) is 24.5 Å². The highest BCUT2D eigenvalue weighted by Gasteiger charge is 2.79. The number of hydrogen-bond donors (Lipinski definition) is 2. The van der Waals surface area contributed by atoms with E-state index in [9.17, 15) is 9.59 Å². The number of carbonyl (C=O) groups excluding carboxylic acids is 2. The number of benzene rings is 1. The van der Waals surface area contributed by atoms with Gasteiger partial charge in [0.25, 0.3) is 5.91 Å². The van der Waals surface area contributed by atoms with Gasteiger partial charge < -0.3 is 21.1 Å². The van der Waals surface area contributed by atoms with Crippen LogP contribution in [0.5, 0.6) is 0 Å². The third kappa shape index (κ3) is 3.90. The lowest BCUT2D eigenvalue weighted by molar-refractivity contribution is 0.0190. The minimum Gasteiger partial charge on any atom is -0.444 e. The van der Waals surface area contributed by atoms with Crippen LogP contribution in [-0.4, -0.2) is 55.2 Å². The molecular formula is C30H37N7O3. The van der Waals surface area contributed by atoms with Crippen LogP contribution in [0.15, 0.2) is 30.5 Å². The van der Waals surface area contributed by atoms with Crippen LogP contribution in [0.4, 0.5) is 10.6 Å². The Morgan fingerprint density at radius 1 is 1.20 bits per heavy atom. The van der Waals surface area contributed by atoms with Crippen molar-refractivity contribution in [1.29, 1.82) is 0 Å². The fraction of sp³-hybridized carbons (Fsp3) is 0.533. The Bertz CT molecular complexity index is 1540. The summed E-state index contributed by atoms with van der Waals surface area (Å²) in [4.78, 5) is 27.0. The lowest BCUT2D eigenvalue weighted by atomic mass is 9.80. The third-order valence-electron chi connectivity index (χ3n) is 9.34. The molecule has 0 radical (unpaired) electrons. The van der Waals surface area contributed by atoms with E-state index >= 15 is 0 Å². The number of primary amides is 1. The Balaban J connectivity index is 1.11. The molecule has 1 unspecified atom stereocenters. The second-order valence-electron chi connectivity index (χ2n) is 13.3. The molecule has 2 aromatic heterocycles. The number of likely N-dealkylation sites (tertiary alicyclic amines) is 1. The third-order valence-corrected chi connectivity index (χ3v) is 9.34. The summed E-state index contributed by atoms with van der Waals surface area (Å²) < 4.78 is 9.28. The number of nitrogens with zero attached hydrogens (tertiary/aromatic N) is 5. The summed E-state index contributed by atoms with van der Waals surface area (Å²) in [6.07, 6.45) is 5.07. The molecule has 1 aromatic carbocycles. The van der Waals surface area contributed by atoms with Crippen LogP contribution in [0, 0.1) is 24.2 Å². The topological polar surface area (TPSA) is 134 Å². The van der Waals surface area contributed by atoms with Gasteiger partial charge in [0.15, 0.2) is 0 Å². The van der Waals surface area contributed by atoms with E-state index in [0.29, 0.717) is 48.9 Å². The standard InChI is InChI=1S/C30H37N7O3/c1-16-20(13-36(33-16)12-17-6-5-7-19(10-17)18-8-9-18)25-23(27(32)38)26(31)37(34-25)22-11-30-15-35(14-21(30)24(22)30)28(39)40-29(2,3)4/h5-7,10,13,18,21-22,24H,8-9,11-12,14-15,31H2,1-4H3,(H2,32,38)/t21?,22-,24-,30+/m1/s1. The maximum atomic E-state index is 12.6. The maximum Gasteiger partial charge on any atom is 0.410 e. The molecule has 3 saturated carbocycles. The fourth-order valence-electron chi connectivity index (χ4n) is 7.36. The van der Waals surface area contributed by atoms with Crippen LogP contribution >= 0.6 is 0 Å². The van der Waals surface area contributed by atoms with E-state index in [1.165, 1.54) is 24.0 Å². The van der Waals surface area contributed by atoms with E-state index in [2.05, 4.69) is 24.3 Å². The maximum absolute atomic E-state index is 12.6. The lowest BCUT2D eigenvalue weighted by Crippen LogP contribution is -2.42. The Labute approximate surface area is 233 Å². The summed E-state index contributed by atoms with van der Waals surface area (Å²) >= 11 is 0. The Morgan fingerprint density at radius 2 is 1.98 bits per heavy atom. The van der Waals surface area contributed by atoms with Crippen LogP contribution in [0.2, 0.25) is 0 Å². The first-order chi connectivity index (χ1) is 18.9. The molecule has 7 rings (SSSR count). The first-order valence-electron chi connectivity index (χ1n) is 14.2. The van der Waals surface area contributed by atoms with Gasteiger partial charge >= 0.3 is 6.09 Å². The zero-order chi connectivity index (χ0) is 28.1. The summed E-state index contributed by atoms with van der Waals surface area (Å²) in [6, 6.07) is 8.77. The van der Waals surface area contributed by atoms with Gasteiger partial charge in [-0.05, 0) is 75.8 Å². The number of ether oxygens (including phenoxy) is 1. The number of anilines is 1. The van der Waals surface area contributed by atoms with E-state index in [1.807, 2.05) is 43.5 Å². The van der Waals surface area contributed by atoms with Gasteiger partial charge in [-0.25, -0.2) is 9.48 Å². The van der Waals surface area contributed by atoms with Crippen molar-refractivity contribution in [2.45, 2.75) is 71.1 Å². The largest absolute Gasteiger partial charge is 0.444 e. The van der Waals surface area contributed by atoms with Crippen LogP contribution in [0.25, 0.3) is 11.3 Å². The van der Waals surface area contributed by atoms with Gasteiger partial charge in [0.2, 0.25) is 0 Å². The summed E-state index contributed by atoms with van der Waals surface area (Å²) in [7, 11) is 0. The molecule has 3 heterocycles. The highest BCUT2D eigenvalue weighted by Crippen LogP contribution is 2.79. The van der Waals surface area contributed by atoms with E-state index < -0.39 is 11.5 Å². The summed E-state index contributed by atoms with van der Waals surface area (Å²) in [5.41, 5.74) is 16.8. The molecule has 210 valence electrons. The van der Waals surface area contributed by atoms with Gasteiger partial charge in [0, 0.05) is 30.3 Å². The first-order valence-corrected chi connectivity index (χ1v) is 14.2. The fourth-order valence-corrected chi connectivity index (χ4v) is 7.36. The summed E-state index contributed by atoms with van der Waals surface area (Å²) in [5.74, 6) is 1.18. The Hall–Kier alpha value is -3.82. The van der Waals surface area contributed by atoms with Crippen LogP contribution in [-0.2, 0) is 11.3 Å². The Morgan fingerprint density at radius 3 is 2.65 bits per heavy atom. The quantitative estimate of drug-likeness (QED) is 0.481. The van der Waals surface area contributed by atoms with Gasteiger partial charge in [0.1, 0.15) is 22.7 Å². The second-order valence-corrected chi connectivity index (χ2v) is 13.3. The first kappa shape index (κ1) is 25.2. The zero-order valence-electron chi connectivity index (χ0n) is 23.6. The molecule has 1 saturated heterocycles. The van der Waals surface area contributed by atoms with E-state index in [-0.39, 0.29) is 23.1 Å². The van der Waals surface area contributed by atoms with E-state index in [0.717, 1.165) is 17.7 Å². The number of fused-ring (bicyclic) bond motifs is 1. The van der Waals surface area contributed by atoms with Crippen molar-refractivity contribution < 1.29 is 14.3 Å². The van der Waals surface area contributed by atoms with Gasteiger partial charge in [-0.1, -0.05) is 24.3 Å². The number of nitrogen functional groups attached to an aromatic ring is 1. The Kier molecular flexibility index (Phi) is 5.25. The van der Waals surface area contributed by atoms with Crippen molar-refractivity contribution in [2.24, 2.45) is 23.0 Å². The molecule has 3 aromatic rings. The van der Waals surface area contributed by atoms with Gasteiger partial charge in [-0.2, -0.15) is 10.2 Å². The van der Waals surface area contributed by atoms with Crippen molar-refractivity contribution in [2.75, 3.05) is 18.8 Å². The molecule has 3 aliphatic carbocycles. The number of hydrogen-bond acceptors (Lipinski definition) is 6. The van der Waals surface area contributed by atoms with Crippen molar-refractivity contribution in [3.63, 3.8) is 0 Å². The molecule has 2 amide bonds. The number of aromatic nitrogens is 4. The van der Waals surface area contributed by atoms with Crippen molar-refractivity contribution >= 4 is 17.8 Å². The van der Waals surface area contributed by atoms with Crippen LogP contribution < -0.4 is 11.5 Å². The van der Waals surface area contributed by atoms with E-state index in [4.69, 9.17) is 26.4 Å². The van der Waals surface area contributed by atoms with E-state index in [1.54, 1.807) is 4.68 Å². The highest BCUT2D eigenvalue weighted by molar-refractivity contribution is 6.03. The van der Waals surface area contributed by atoms with Gasteiger partial charge in [-0.15, -0.1) is 0 Å². The molecule has 1 spiro atoms. The number of carbonyl (C=O) groups is 2. The predicted octanol–water partition coefficient (Wildman–Crippen LogP) is 4.09. The second kappa shape index (κ2) is 8.34. The van der Waals surface area contributed by atoms with Crippen LogP contribution in [0.1, 0.15) is 79.2 Å². The average Bonchev–Trinajstić information content (AvgIpc) is 3.61. The molecule has 10 nitrogen and oxygen atoms in total. The number of amides is 2. The number of aryl methyl sites for hydroxylation is 1. The van der Waals surface area contributed by atoms with Crippen molar-refractivity contribution in [3.05, 3.63) is 52.8 Å². The molecule has 4 atom stereocenters. The SMILES string of the molecule is Cc1nn(Cc2cccc(C3CC3)c2)cc1-c1nn([C@@H]2C[C@]34CN(C(=O)OC(C)(C)C)CC3[C@H]24)c(N)c1C(N)=O. The molecule has 4 fully saturated rings. The molecule has 1 aliphatic heterocycles. The molecule has 4 aliphatic rings. The summed E-state index contributed by atoms with van der Waals surface area (Å²) in [6.45, 7) is 9.57. The monoisotopic (exact) mass is 543 g/mol.